The van der Waals surface area contributed by atoms with Crippen LogP contribution in [0.3, 0.4) is 0 Å². The third-order valence-electron chi connectivity index (χ3n) is 8.19. The minimum Gasteiger partial charge on any atom is -0.395 e. The first-order valence-electron chi connectivity index (χ1n) is 17.5. The van der Waals surface area contributed by atoms with E-state index in [2.05, 4.69) is 0 Å². The molecule has 0 aliphatic rings. The lowest BCUT2D eigenvalue weighted by Gasteiger charge is -2.39. The summed E-state index contributed by atoms with van der Waals surface area (Å²) in [6.45, 7) is 4.81. The van der Waals surface area contributed by atoms with Gasteiger partial charge in [-0.15, -0.1) is 0 Å². The average Bonchev–Trinajstić information content (AvgIpc) is 3.17. The Balaban J connectivity index is 1.67. The van der Waals surface area contributed by atoms with Crippen molar-refractivity contribution < 1.29 is 40.6 Å². The summed E-state index contributed by atoms with van der Waals surface area (Å²) in [5.41, 5.74) is -0.487. The molecule has 4 atom stereocenters. The van der Waals surface area contributed by atoms with E-state index in [4.69, 9.17) is 22.8 Å². The van der Waals surface area contributed by atoms with E-state index in [1.54, 1.807) is 48.5 Å². The number of hydrogen-bond acceptors (Lipinski definition) is 11. The number of H-pyrrole nitrogens is 1. The molecule has 0 aliphatic heterocycles. The zero-order valence-electron chi connectivity index (χ0n) is 30.9. The molecule has 0 saturated heterocycles. The predicted molar refractivity (Wildman–Crippen MR) is 206 cm³/mol. The smallest absolute Gasteiger partial charge is 0.330 e. The SMILES string of the molecule is C[Si](C)(C)O[C@@H]([C@H](OCc1ccccc1)[C@@H](OCc1ccccc1)[C@@H](COCc1ccccc1)OS(=O)(=O)c1ccc([N+](=O)[O-])cc1)n1cc(F)c(=O)[nH]c1=O. The van der Waals surface area contributed by atoms with Crippen LogP contribution in [0.5, 0.6) is 0 Å². The Morgan fingerprint density at radius 1 is 0.768 bits per heavy atom. The largest absolute Gasteiger partial charge is 0.395 e. The molecule has 0 unspecified atom stereocenters. The average molecular weight is 808 g/mol. The van der Waals surface area contributed by atoms with Gasteiger partial charge < -0.3 is 18.6 Å². The van der Waals surface area contributed by atoms with E-state index in [9.17, 15) is 28.1 Å². The number of nitro groups is 1. The molecule has 0 bridgehead atoms. The van der Waals surface area contributed by atoms with Gasteiger partial charge in [-0.2, -0.15) is 12.8 Å². The highest BCUT2D eigenvalue weighted by Gasteiger charge is 2.44. The zero-order chi connectivity index (χ0) is 40.3. The van der Waals surface area contributed by atoms with Crippen LogP contribution < -0.4 is 11.2 Å². The number of non-ortho nitro benzene ring substituents is 1. The predicted octanol–water partition coefficient (Wildman–Crippen LogP) is 6.10. The van der Waals surface area contributed by atoms with Crippen LogP contribution in [0.15, 0.2) is 136 Å². The fourth-order valence-corrected chi connectivity index (χ4v) is 7.62. The van der Waals surface area contributed by atoms with Crippen molar-refractivity contribution in [2.75, 3.05) is 6.61 Å². The number of benzene rings is 4. The molecule has 5 aromatic rings. The molecule has 4 aromatic carbocycles. The Kier molecular flexibility index (Phi) is 14.4. The minimum absolute atomic E-state index is 0.0264. The third-order valence-corrected chi connectivity index (χ3v) is 10.5. The van der Waals surface area contributed by atoms with E-state index < -0.39 is 76.5 Å². The summed E-state index contributed by atoms with van der Waals surface area (Å²) in [5.74, 6) is -1.28. The molecule has 0 radical (unpaired) electrons. The third kappa shape index (κ3) is 11.9. The summed E-state index contributed by atoms with van der Waals surface area (Å²) in [6, 6.07) is 31.1. The van der Waals surface area contributed by atoms with Crippen molar-refractivity contribution in [2.24, 2.45) is 0 Å². The summed E-state index contributed by atoms with van der Waals surface area (Å²) in [6.07, 6.45) is -5.29. The summed E-state index contributed by atoms with van der Waals surface area (Å²) >= 11 is 0. The molecule has 1 aromatic heterocycles. The normalized spacial score (nSPS) is 14.1. The maximum atomic E-state index is 15.0. The van der Waals surface area contributed by atoms with Gasteiger partial charge in [0.05, 0.1) is 42.4 Å². The molecule has 5 rings (SSSR count). The van der Waals surface area contributed by atoms with Crippen molar-refractivity contribution in [2.45, 2.75) is 68.9 Å². The quantitative estimate of drug-likeness (QED) is 0.0416. The van der Waals surface area contributed by atoms with Gasteiger partial charge in [0.2, 0.25) is 5.82 Å². The molecular formula is C39H42FN3O11SSi. The van der Waals surface area contributed by atoms with Gasteiger partial charge in [0.1, 0.15) is 18.3 Å². The molecule has 14 nitrogen and oxygen atoms in total. The molecule has 0 saturated carbocycles. The lowest BCUT2D eigenvalue weighted by atomic mass is 10.1. The number of nitro benzene ring substituents is 1. The van der Waals surface area contributed by atoms with Crippen LogP contribution in [0.4, 0.5) is 10.1 Å². The number of ether oxygens (including phenoxy) is 3. The topological polar surface area (TPSA) is 178 Å². The van der Waals surface area contributed by atoms with E-state index >= 15 is 4.39 Å². The Bertz CT molecular complexity index is 2260. The first-order chi connectivity index (χ1) is 26.7. The van der Waals surface area contributed by atoms with Gasteiger partial charge >= 0.3 is 5.69 Å². The lowest BCUT2D eigenvalue weighted by Crippen LogP contribution is -2.53. The first-order valence-corrected chi connectivity index (χ1v) is 22.3. The number of nitrogens with one attached hydrogen (secondary N) is 1. The van der Waals surface area contributed by atoms with Crippen molar-refractivity contribution in [1.29, 1.82) is 0 Å². The highest BCUT2D eigenvalue weighted by Crippen LogP contribution is 2.31. The molecule has 17 heteroatoms. The number of rotatable bonds is 20. The van der Waals surface area contributed by atoms with Crippen molar-refractivity contribution in [3.05, 3.63) is 175 Å². The lowest BCUT2D eigenvalue weighted by molar-refractivity contribution is -0.384. The number of halogens is 1. The molecule has 1 N–H and O–H groups in total. The van der Waals surface area contributed by atoms with Crippen LogP contribution in [-0.4, -0.2) is 56.1 Å². The van der Waals surface area contributed by atoms with Crippen molar-refractivity contribution >= 4 is 24.1 Å². The highest BCUT2D eigenvalue weighted by molar-refractivity contribution is 7.86. The van der Waals surface area contributed by atoms with Crippen LogP contribution in [0.1, 0.15) is 22.9 Å². The molecule has 0 amide bonds. The monoisotopic (exact) mass is 807 g/mol. The van der Waals surface area contributed by atoms with E-state index in [-0.39, 0.29) is 25.5 Å². The summed E-state index contributed by atoms with van der Waals surface area (Å²) < 4.78 is 75.6. The molecule has 0 fully saturated rings. The minimum atomic E-state index is -4.72. The van der Waals surface area contributed by atoms with Crippen LogP contribution in [0.2, 0.25) is 19.6 Å². The fourth-order valence-electron chi connectivity index (χ4n) is 5.58. The van der Waals surface area contributed by atoms with Gasteiger partial charge in [-0.05, 0) is 48.5 Å². The second-order valence-corrected chi connectivity index (χ2v) is 19.7. The van der Waals surface area contributed by atoms with Gasteiger partial charge in [0.15, 0.2) is 14.5 Å². The van der Waals surface area contributed by atoms with Gasteiger partial charge in [-0.3, -0.25) is 28.6 Å². The molecule has 296 valence electrons. The zero-order valence-corrected chi connectivity index (χ0v) is 32.7. The number of aromatic amines is 1. The number of hydrogen-bond donors (Lipinski definition) is 1. The van der Waals surface area contributed by atoms with Crippen molar-refractivity contribution in [1.82, 2.24) is 9.55 Å². The Labute approximate surface area is 323 Å². The van der Waals surface area contributed by atoms with E-state index in [0.29, 0.717) is 17.3 Å². The van der Waals surface area contributed by atoms with E-state index in [1.165, 1.54) is 0 Å². The van der Waals surface area contributed by atoms with Crippen LogP contribution in [-0.2, 0) is 52.8 Å². The summed E-state index contributed by atoms with van der Waals surface area (Å²) in [7, 11) is -7.45. The van der Waals surface area contributed by atoms with E-state index in [0.717, 1.165) is 34.4 Å². The van der Waals surface area contributed by atoms with Crippen LogP contribution >= 0.6 is 0 Å². The Morgan fingerprint density at radius 2 is 1.27 bits per heavy atom. The summed E-state index contributed by atoms with van der Waals surface area (Å²) in [5, 5.41) is 11.3. The molecule has 0 aliphatic carbocycles. The van der Waals surface area contributed by atoms with Gasteiger partial charge in [0.25, 0.3) is 21.4 Å². The molecule has 56 heavy (non-hydrogen) atoms. The molecule has 1 heterocycles. The molecule has 0 spiro atoms. The standard InChI is InChI=1S/C39H42FN3O11SSi/c1-56(2,3)54-38(42-23-33(40)37(44)41-39(42)45)36(52-26-30-17-11-6-12-18-30)35(51-25-29-15-9-5-10-16-29)34(27-50-24-28-13-7-4-8-14-28)53-55(48,49)32-21-19-31(20-22-32)43(46)47/h4-23,34-36,38H,24-27H2,1-3H3,(H,41,44,45)/t34-,35+,36-,38+/m1/s1. The first kappa shape index (κ1) is 42.0. The van der Waals surface area contributed by atoms with Gasteiger partial charge in [0, 0.05) is 12.1 Å². The number of aromatic nitrogens is 2. The Morgan fingerprint density at radius 3 is 1.77 bits per heavy atom. The van der Waals surface area contributed by atoms with E-state index in [1.807, 2.05) is 67.1 Å². The number of nitrogens with zero attached hydrogens (tertiary/aromatic N) is 2. The van der Waals surface area contributed by atoms with Crippen molar-refractivity contribution in [3.8, 4) is 0 Å². The second-order valence-electron chi connectivity index (χ2n) is 13.6. The maximum Gasteiger partial charge on any atom is 0.330 e. The molecular weight excluding hydrogens is 766 g/mol. The fraction of sp³-hybridized carbons (Fsp3) is 0.282. The van der Waals surface area contributed by atoms with Crippen LogP contribution in [0.25, 0.3) is 0 Å². The second kappa shape index (κ2) is 19.1. The maximum absolute atomic E-state index is 15.0. The van der Waals surface area contributed by atoms with Crippen molar-refractivity contribution in [3.63, 3.8) is 0 Å². The van der Waals surface area contributed by atoms with Gasteiger partial charge in [-0.25, -0.2) is 4.79 Å². The van der Waals surface area contributed by atoms with Gasteiger partial charge in [-0.1, -0.05) is 91.0 Å². The summed E-state index contributed by atoms with van der Waals surface area (Å²) in [4.78, 5) is 37.9. The highest BCUT2D eigenvalue weighted by atomic mass is 32.2. The Hall–Kier alpha value is -5.14. The van der Waals surface area contributed by atoms with Crippen LogP contribution in [0, 0.1) is 15.9 Å².